The van der Waals surface area contributed by atoms with Gasteiger partial charge in [-0.15, -0.1) is 0 Å². The van der Waals surface area contributed by atoms with Crippen LogP contribution in [0, 0.1) is 0 Å². The summed E-state index contributed by atoms with van der Waals surface area (Å²) in [6.07, 6.45) is 2.42. The topological polar surface area (TPSA) is 102 Å². The smallest absolute Gasteiger partial charge is 0.263 e. The zero-order chi connectivity index (χ0) is 19.8. The number of hydrogen-bond acceptors (Lipinski definition) is 5. The van der Waals surface area contributed by atoms with E-state index < -0.39 is 6.10 Å². The summed E-state index contributed by atoms with van der Waals surface area (Å²) in [6.45, 7) is 4.59. The van der Waals surface area contributed by atoms with Crippen molar-refractivity contribution in [2.24, 2.45) is 5.73 Å². The second-order valence-electron chi connectivity index (χ2n) is 6.87. The van der Waals surface area contributed by atoms with Crippen LogP contribution in [0.25, 0.3) is 0 Å². The fourth-order valence-corrected chi connectivity index (χ4v) is 3.23. The Bertz CT molecular complexity index is 677. The minimum absolute atomic E-state index is 0.0393. The van der Waals surface area contributed by atoms with Gasteiger partial charge < -0.3 is 20.7 Å². The van der Waals surface area contributed by atoms with Crippen LogP contribution in [0.15, 0.2) is 24.3 Å². The third kappa shape index (κ3) is 6.06. The summed E-state index contributed by atoms with van der Waals surface area (Å²) in [5.74, 6) is 0.235. The molecule has 2 amide bonds. The summed E-state index contributed by atoms with van der Waals surface area (Å²) in [5.41, 5.74) is 5.94. The first-order valence-electron chi connectivity index (χ1n) is 9.47. The maximum atomic E-state index is 12.9. The number of carbonyl (C=O) groups excluding carboxylic acids is 3. The average Bonchev–Trinajstić information content (AvgIpc) is 2.66. The summed E-state index contributed by atoms with van der Waals surface area (Å²) >= 11 is 0. The van der Waals surface area contributed by atoms with Crippen molar-refractivity contribution < 1.29 is 19.1 Å². The highest BCUT2D eigenvalue weighted by Gasteiger charge is 2.30. The SMILES string of the molecule is CC(=O)c1cccc(OC(C)C(=O)N2CCCCC2CNC(=O)CCN)c1. The van der Waals surface area contributed by atoms with Gasteiger partial charge in [-0.3, -0.25) is 14.4 Å². The molecule has 1 aliphatic rings. The molecule has 0 aromatic heterocycles. The Morgan fingerprint density at radius 1 is 1.33 bits per heavy atom. The molecule has 1 saturated heterocycles. The van der Waals surface area contributed by atoms with Crippen molar-refractivity contribution in [1.29, 1.82) is 0 Å². The van der Waals surface area contributed by atoms with E-state index in [0.717, 1.165) is 19.3 Å². The summed E-state index contributed by atoms with van der Waals surface area (Å²) in [5, 5.41) is 2.86. The number of likely N-dealkylation sites (tertiary alicyclic amines) is 1. The van der Waals surface area contributed by atoms with E-state index in [4.69, 9.17) is 10.5 Å². The van der Waals surface area contributed by atoms with E-state index in [9.17, 15) is 14.4 Å². The second kappa shape index (κ2) is 10.1. The van der Waals surface area contributed by atoms with Crippen LogP contribution in [-0.4, -0.2) is 54.3 Å². The van der Waals surface area contributed by atoms with Crippen molar-refractivity contribution in [3.8, 4) is 5.75 Å². The molecule has 27 heavy (non-hydrogen) atoms. The predicted octanol–water partition coefficient (Wildman–Crippen LogP) is 1.50. The molecule has 0 bridgehead atoms. The number of nitrogens with one attached hydrogen (secondary N) is 1. The lowest BCUT2D eigenvalue weighted by Gasteiger charge is -2.37. The number of nitrogens with zero attached hydrogens (tertiary/aromatic N) is 1. The van der Waals surface area contributed by atoms with Gasteiger partial charge in [0.1, 0.15) is 5.75 Å². The number of Topliss-reactive ketones (excluding diaryl/α,β-unsaturated/α-hetero) is 1. The van der Waals surface area contributed by atoms with Crippen LogP contribution >= 0.6 is 0 Å². The molecule has 0 spiro atoms. The average molecular weight is 375 g/mol. The van der Waals surface area contributed by atoms with Crippen molar-refractivity contribution in [1.82, 2.24) is 10.2 Å². The summed E-state index contributed by atoms with van der Waals surface area (Å²) in [4.78, 5) is 37.9. The van der Waals surface area contributed by atoms with Gasteiger partial charge in [-0.1, -0.05) is 12.1 Å². The highest BCUT2D eigenvalue weighted by atomic mass is 16.5. The lowest BCUT2D eigenvalue weighted by atomic mass is 10.0. The second-order valence-corrected chi connectivity index (χ2v) is 6.87. The molecule has 2 atom stereocenters. The number of nitrogens with two attached hydrogens (primary N) is 1. The molecule has 1 aliphatic heterocycles. The summed E-state index contributed by atoms with van der Waals surface area (Å²) < 4.78 is 5.79. The Kier molecular flexibility index (Phi) is 7.79. The van der Waals surface area contributed by atoms with E-state index >= 15 is 0 Å². The Labute approximate surface area is 160 Å². The molecule has 2 rings (SSSR count). The van der Waals surface area contributed by atoms with Gasteiger partial charge in [0.2, 0.25) is 5.91 Å². The molecule has 2 unspecified atom stereocenters. The number of rotatable bonds is 8. The molecule has 1 aromatic carbocycles. The zero-order valence-electron chi connectivity index (χ0n) is 16.1. The van der Waals surface area contributed by atoms with Crippen LogP contribution in [0.1, 0.15) is 49.9 Å². The number of ketones is 1. The van der Waals surface area contributed by atoms with Crippen LogP contribution < -0.4 is 15.8 Å². The van der Waals surface area contributed by atoms with Crippen molar-refractivity contribution in [2.75, 3.05) is 19.6 Å². The molecule has 1 heterocycles. The van der Waals surface area contributed by atoms with Gasteiger partial charge >= 0.3 is 0 Å². The van der Waals surface area contributed by atoms with Gasteiger partial charge in [0.15, 0.2) is 11.9 Å². The minimum Gasteiger partial charge on any atom is -0.481 e. The Morgan fingerprint density at radius 3 is 2.81 bits per heavy atom. The van der Waals surface area contributed by atoms with Crippen LogP contribution in [0.3, 0.4) is 0 Å². The van der Waals surface area contributed by atoms with Crippen molar-refractivity contribution in [3.05, 3.63) is 29.8 Å². The molecule has 0 radical (unpaired) electrons. The first-order chi connectivity index (χ1) is 12.9. The van der Waals surface area contributed by atoms with Gasteiger partial charge in [-0.05, 0) is 45.2 Å². The maximum absolute atomic E-state index is 12.9. The van der Waals surface area contributed by atoms with Crippen LogP contribution in [-0.2, 0) is 9.59 Å². The van der Waals surface area contributed by atoms with E-state index in [-0.39, 0.29) is 30.1 Å². The highest BCUT2D eigenvalue weighted by Crippen LogP contribution is 2.20. The summed E-state index contributed by atoms with van der Waals surface area (Å²) in [7, 11) is 0. The van der Waals surface area contributed by atoms with Gasteiger partial charge in [0.25, 0.3) is 5.91 Å². The quantitative estimate of drug-likeness (QED) is 0.671. The van der Waals surface area contributed by atoms with E-state index in [1.807, 2.05) is 0 Å². The van der Waals surface area contributed by atoms with Crippen molar-refractivity contribution >= 4 is 17.6 Å². The van der Waals surface area contributed by atoms with Crippen LogP contribution in [0.5, 0.6) is 5.75 Å². The molecule has 148 valence electrons. The lowest BCUT2D eigenvalue weighted by Crippen LogP contribution is -2.52. The van der Waals surface area contributed by atoms with Crippen molar-refractivity contribution in [3.63, 3.8) is 0 Å². The molecule has 0 aliphatic carbocycles. The minimum atomic E-state index is -0.674. The Hall–Kier alpha value is -2.41. The van der Waals surface area contributed by atoms with Gasteiger partial charge in [-0.2, -0.15) is 0 Å². The lowest BCUT2D eigenvalue weighted by molar-refractivity contribution is -0.142. The highest BCUT2D eigenvalue weighted by molar-refractivity contribution is 5.94. The summed E-state index contributed by atoms with van der Waals surface area (Å²) in [6, 6.07) is 6.79. The normalized spacial score (nSPS) is 17.9. The first-order valence-corrected chi connectivity index (χ1v) is 9.47. The number of benzene rings is 1. The number of ether oxygens (including phenoxy) is 1. The maximum Gasteiger partial charge on any atom is 0.263 e. The van der Waals surface area contributed by atoms with Gasteiger partial charge in [0, 0.05) is 37.7 Å². The fraction of sp³-hybridized carbons (Fsp3) is 0.550. The van der Waals surface area contributed by atoms with Gasteiger partial charge in [0.05, 0.1) is 0 Å². The fourth-order valence-electron chi connectivity index (χ4n) is 3.23. The number of piperidine rings is 1. The molecule has 1 aromatic rings. The molecule has 7 heteroatoms. The van der Waals surface area contributed by atoms with Gasteiger partial charge in [-0.25, -0.2) is 0 Å². The Balaban J connectivity index is 1.99. The number of hydrogen-bond donors (Lipinski definition) is 2. The molecule has 0 saturated carbocycles. The van der Waals surface area contributed by atoms with E-state index in [2.05, 4.69) is 5.32 Å². The molecule has 1 fully saturated rings. The zero-order valence-corrected chi connectivity index (χ0v) is 16.1. The number of amides is 2. The van der Waals surface area contributed by atoms with E-state index in [1.165, 1.54) is 6.92 Å². The molecule has 3 N–H and O–H groups in total. The van der Waals surface area contributed by atoms with E-state index in [0.29, 0.717) is 30.9 Å². The van der Waals surface area contributed by atoms with Crippen LogP contribution in [0.4, 0.5) is 0 Å². The third-order valence-electron chi connectivity index (χ3n) is 4.72. The predicted molar refractivity (Wildman–Crippen MR) is 103 cm³/mol. The Morgan fingerprint density at radius 2 is 2.11 bits per heavy atom. The third-order valence-corrected chi connectivity index (χ3v) is 4.72. The van der Waals surface area contributed by atoms with Crippen molar-refractivity contribution in [2.45, 2.75) is 51.7 Å². The number of carbonyl (C=O) groups is 3. The van der Waals surface area contributed by atoms with E-state index in [1.54, 1.807) is 36.1 Å². The standard InChI is InChI=1S/C20H29N3O4/c1-14(24)16-6-5-8-18(12-16)27-15(2)20(26)23-11-4-3-7-17(23)13-22-19(25)9-10-21/h5-6,8,12,15,17H,3-4,7,9-11,13,21H2,1-2H3,(H,22,25). The largest absolute Gasteiger partial charge is 0.481 e. The molecular weight excluding hydrogens is 346 g/mol. The molecular formula is C20H29N3O4. The first kappa shape index (κ1) is 20.9. The monoisotopic (exact) mass is 375 g/mol. The van der Waals surface area contributed by atoms with Crippen LogP contribution in [0.2, 0.25) is 0 Å². The molecule has 7 nitrogen and oxygen atoms in total.